The van der Waals surface area contributed by atoms with E-state index in [0.717, 1.165) is 10.9 Å². The standard InChI is InChI=1S/C21H24OSe2/c1-2-3-4-7-16-20(23-18-12-8-5-9-13-18)17-21(22)24-19-14-10-6-11-15-19/h5-6,8-15,17H,2-4,7,16H2,1H3/b20-17-. The minimum absolute atomic E-state index is 0.108. The van der Waals surface area contributed by atoms with E-state index in [0.29, 0.717) is 0 Å². The molecule has 2 rings (SSSR count). The Morgan fingerprint density at radius 3 is 2.00 bits per heavy atom. The van der Waals surface area contributed by atoms with E-state index < -0.39 is 0 Å². The van der Waals surface area contributed by atoms with Gasteiger partial charge in [-0.25, -0.2) is 0 Å². The maximum absolute atomic E-state index is 12.5. The molecule has 2 aromatic carbocycles. The molecular formula is C21H24OSe2. The summed E-state index contributed by atoms with van der Waals surface area (Å²) in [6.45, 7) is 2.23. The molecule has 24 heavy (non-hydrogen) atoms. The van der Waals surface area contributed by atoms with Crippen LogP contribution in [0, 0.1) is 0 Å². The van der Waals surface area contributed by atoms with Crippen LogP contribution in [-0.4, -0.2) is 34.6 Å². The molecule has 0 saturated carbocycles. The monoisotopic (exact) mass is 452 g/mol. The topological polar surface area (TPSA) is 17.1 Å². The van der Waals surface area contributed by atoms with E-state index in [2.05, 4.69) is 43.3 Å². The first-order valence-electron chi connectivity index (χ1n) is 8.48. The Hall–Kier alpha value is -1.11. The fourth-order valence-corrected chi connectivity index (χ4v) is 6.30. The van der Waals surface area contributed by atoms with Gasteiger partial charge in [0.25, 0.3) is 0 Å². The van der Waals surface area contributed by atoms with Crippen LogP contribution in [0.3, 0.4) is 0 Å². The van der Waals surface area contributed by atoms with Gasteiger partial charge >= 0.3 is 159 Å². The van der Waals surface area contributed by atoms with Gasteiger partial charge in [-0.15, -0.1) is 0 Å². The Kier molecular flexibility index (Phi) is 9.16. The van der Waals surface area contributed by atoms with Crippen LogP contribution in [0.15, 0.2) is 71.2 Å². The third-order valence-corrected chi connectivity index (χ3v) is 7.54. The van der Waals surface area contributed by atoms with E-state index in [-0.39, 0.29) is 34.6 Å². The van der Waals surface area contributed by atoms with Gasteiger partial charge in [-0.05, 0) is 0 Å². The van der Waals surface area contributed by atoms with Crippen molar-refractivity contribution in [3.63, 3.8) is 0 Å². The Balaban J connectivity index is 2.00. The maximum atomic E-state index is 12.5. The molecule has 0 N–H and O–H groups in total. The van der Waals surface area contributed by atoms with Gasteiger partial charge in [-0.3, -0.25) is 0 Å². The summed E-state index contributed by atoms with van der Waals surface area (Å²) in [7, 11) is 0. The summed E-state index contributed by atoms with van der Waals surface area (Å²) in [6, 6.07) is 20.7. The zero-order valence-electron chi connectivity index (χ0n) is 14.1. The second-order valence-corrected chi connectivity index (χ2v) is 10.3. The average Bonchev–Trinajstić information content (AvgIpc) is 2.60. The van der Waals surface area contributed by atoms with Gasteiger partial charge in [0.15, 0.2) is 0 Å². The molecule has 1 nitrogen and oxygen atoms in total. The molecule has 0 aliphatic heterocycles. The number of unbranched alkanes of at least 4 members (excludes halogenated alkanes) is 3. The van der Waals surface area contributed by atoms with Crippen LogP contribution in [0.25, 0.3) is 0 Å². The van der Waals surface area contributed by atoms with Crippen LogP contribution in [-0.2, 0) is 4.79 Å². The van der Waals surface area contributed by atoms with E-state index in [1.807, 2.05) is 30.3 Å². The number of carbonyl (C=O) groups excluding carboxylic acids is 1. The Bertz CT molecular complexity index is 635. The van der Waals surface area contributed by atoms with Crippen molar-refractivity contribution >= 4 is 43.5 Å². The van der Waals surface area contributed by atoms with Gasteiger partial charge in [0.05, 0.1) is 0 Å². The summed E-state index contributed by atoms with van der Waals surface area (Å²) in [6.07, 6.45) is 8.00. The van der Waals surface area contributed by atoms with E-state index in [1.165, 1.54) is 34.6 Å². The van der Waals surface area contributed by atoms with Crippen molar-refractivity contribution in [3.8, 4) is 0 Å². The van der Waals surface area contributed by atoms with Gasteiger partial charge in [0.1, 0.15) is 0 Å². The van der Waals surface area contributed by atoms with Crippen molar-refractivity contribution < 1.29 is 4.79 Å². The molecule has 0 saturated heterocycles. The number of hydrogen-bond donors (Lipinski definition) is 0. The molecule has 0 aromatic heterocycles. The molecule has 0 aliphatic rings. The fraction of sp³-hybridized carbons (Fsp3) is 0.286. The number of benzene rings is 2. The first-order valence-corrected chi connectivity index (χ1v) is 11.9. The van der Waals surface area contributed by atoms with Gasteiger partial charge < -0.3 is 0 Å². The molecule has 0 heterocycles. The summed E-state index contributed by atoms with van der Waals surface area (Å²) in [5.74, 6) is 0. The van der Waals surface area contributed by atoms with Crippen LogP contribution in [0.2, 0.25) is 0 Å². The average molecular weight is 450 g/mol. The SMILES string of the molecule is CCCCCC/C(=C/C(=O)[Se]c1ccccc1)[Se]c1ccccc1. The summed E-state index contributed by atoms with van der Waals surface area (Å²) >= 11 is 0.151. The van der Waals surface area contributed by atoms with Gasteiger partial charge in [0.2, 0.25) is 0 Å². The predicted molar refractivity (Wildman–Crippen MR) is 106 cm³/mol. The molecule has 0 atom stereocenters. The Morgan fingerprint density at radius 2 is 1.42 bits per heavy atom. The molecule has 0 unspecified atom stereocenters. The van der Waals surface area contributed by atoms with Crippen molar-refractivity contribution in [2.75, 3.05) is 0 Å². The van der Waals surface area contributed by atoms with E-state index in [9.17, 15) is 4.79 Å². The van der Waals surface area contributed by atoms with Crippen molar-refractivity contribution in [1.82, 2.24) is 0 Å². The van der Waals surface area contributed by atoms with Gasteiger partial charge in [-0.2, -0.15) is 0 Å². The Morgan fingerprint density at radius 1 is 0.833 bits per heavy atom. The van der Waals surface area contributed by atoms with Gasteiger partial charge in [0, 0.05) is 0 Å². The zero-order valence-corrected chi connectivity index (χ0v) is 17.5. The molecule has 126 valence electrons. The third kappa shape index (κ3) is 7.64. The summed E-state index contributed by atoms with van der Waals surface area (Å²) in [5, 5.41) is 0. The van der Waals surface area contributed by atoms with Crippen LogP contribution < -0.4 is 8.92 Å². The predicted octanol–water partition coefficient (Wildman–Crippen LogP) is 3.43. The zero-order chi connectivity index (χ0) is 17.0. The molecular weight excluding hydrogens is 426 g/mol. The number of carbonyl (C=O) groups is 1. The molecule has 0 fully saturated rings. The first-order chi connectivity index (χ1) is 11.8. The minimum atomic E-state index is -0.108. The van der Waals surface area contributed by atoms with Gasteiger partial charge in [-0.1, -0.05) is 0 Å². The van der Waals surface area contributed by atoms with Crippen molar-refractivity contribution in [2.45, 2.75) is 39.0 Å². The number of rotatable bonds is 10. The molecule has 0 amide bonds. The second-order valence-electron chi connectivity index (χ2n) is 5.57. The molecule has 0 spiro atoms. The summed E-state index contributed by atoms with van der Waals surface area (Å²) in [4.78, 5) is 12.5. The van der Waals surface area contributed by atoms with Crippen LogP contribution in [0.1, 0.15) is 39.0 Å². The molecule has 2 aromatic rings. The summed E-state index contributed by atoms with van der Waals surface area (Å²) in [5.41, 5.74) is 0. The fourth-order valence-electron chi connectivity index (χ4n) is 2.28. The molecule has 3 heteroatoms. The van der Waals surface area contributed by atoms with Crippen molar-refractivity contribution in [2.24, 2.45) is 0 Å². The van der Waals surface area contributed by atoms with E-state index in [4.69, 9.17) is 0 Å². The van der Waals surface area contributed by atoms with Crippen molar-refractivity contribution in [1.29, 1.82) is 0 Å². The van der Waals surface area contributed by atoms with Crippen LogP contribution >= 0.6 is 0 Å². The second kappa shape index (κ2) is 11.4. The molecule has 0 bridgehead atoms. The first kappa shape index (κ1) is 19.2. The number of hydrogen-bond acceptors (Lipinski definition) is 1. The Labute approximate surface area is 158 Å². The van der Waals surface area contributed by atoms with Crippen LogP contribution in [0.4, 0.5) is 0 Å². The quantitative estimate of drug-likeness (QED) is 0.308. The molecule has 0 radical (unpaired) electrons. The normalized spacial score (nSPS) is 11.5. The van der Waals surface area contributed by atoms with E-state index >= 15 is 0 Å². The van der Waals surface area contributed by atoms with Crippen LogP contribution in [0.5, 0.6) is 0 Å². The molecule has 0 aliphatic carbocycles. The summed E-state index contributed by atoms with van der Waals surface area (Å²) < 4.78 is 4.14. The third-order valence-electron chi connectivity index (χ3n) is 3.51. The van der Waals surface area contributed by atoms with Crippen molar-refractivity contribution in [3.05, 3.63) is 71.2 Å². The number of allylic oxidation sites excluding steroid dienone is 2. The van der Waals surface area contributed by atoms with E-state index in [1.54, 1.807) is 0 Å².